The van der Waals surface area contributed by atoms with Gasteiger partial charge in [0.1, 0.15) is 0 Å². The van der Waals surface area contributed by atoms with Crippen molar-refractivity contribution in [3.05, 3.63) is 36.0 Å². The Morgan fingerprint density at radius 2 is 2.00 bits per heavy atom. The van der Waals surface area contributed by atoms with Gasteiger partial charge in [-0.15, -0.1) is 0 Å². The molecule has 0 aliphatic carbocycles. The van der Waals surface area contributed by atoms with Crippen LogP contribution in [0.5, 0.6) is 0 Å². The first-order valence-electron chi connectivity index (χ1n) is 6.41. The van der Waals surface area contributed by atoms with Gasteiger partial charge in [-0.2, -0.15) is 13.5 Å². The van der Waals surface area contributed by atoms with Crippen LogP contribution in [0.15, 0.2) is 35.5 Å². The predicted molar refractivity (Wildman–Crippen MR) is 82.9 cm³/mol. The number of anilines is 2. The van der Waals surface area contributed by atoms with Crippen molar-refractivity contribution in [3.63, 3.8) is 0 Å². The standard InChI is InChI=1S/C13H19N5O2S/c1-14-8-10-9-15-16-13(10)21(19,20)17-11-6-4-5-7-12(11)18(2)3/h4-7,9,14,17H,8H2,1-3H3,(H,15,16). The molecule has 0 aliphatic heterocycles. The van der Waals surface area contributed by atoms with E-state index >= 15 is 0 Å². The van der Waals surface area contributed by atoms with Crippen LogP contribution in [0.4, 0.5) is 11.4 Å². The van der Waals surface area contributed by atoms with Crippen molar-refractivity contribution in [2.24, 2.45) is 0 Å². The highest BCUT2D eigenvalue weighted by molar-refractivity contribution is 7.92. The number of para-hydroxylation sites is 2. The van der Waals surface area contributed by atoms with Crippen LogP contribution in [-0.4, -0.2) is 39.8 Å². The fourth-order valence-electron chi connectivity index (χ4n) is 1.99. The Kier molecular flexibility index (Phi) is 4.49. The molecular formula is C13H19N5O2S. The van der Waals surface area contributed by atoms with Crippen LogP contribution < -0.4 is 14.9 Å². The summed E-state index contributed by atoms with van der Waals surface area (Å²) >= 11 is 0. The summed E-state index contributed by atoms with van der Waals surface area (Å²) in [5, 5.41) is 9.35. The van der Waals surface area contributed by atoms with Crippen LogP contribution in [0.1, 0.15) is 5.56 Å². The van der Waals surface area contributed by atoms with E-state index in [2.05, 4.69) is 20.2 Å². The smallest absolute Gasteiger partial charge is 0.279 e. The maximum Gasteiger partial charge on any atom is 0.279 e. The molecule has 7 nitrogen and oxygen atoms in total. The summed E-state index contributed by atoms with van der Waals surface area (Å²) in [4.78, 5) is 1.85. The zero-order valence-corrected chi connectivity index (χ0v) is 13.0. The molecule has 0 saturated carbocycles. The molecule has 0 amide bonds. The van der Waals surface area contributed by atoms with Crippen molar-refractivity contribution in [2.45, 2.75) is 11.6 Å². The third kappa shape index (κ3) is 3.34. The lowest BCUT2D eigenvalue weighted by atomic mass is 10.2. The van der Waals surface area contributed by atoms with E-state index in [1.54, 1.807) is 19.2 Å². The number of hydrogen-bond acceptors (Lipinski definition) is 5. The van der Waals surface area contributed by atoms with Gasteiger partial charge in [0.25, 0.3) is 10.0 Å². The summed E-state index contributed by atoms with van der Waals surface area (Å²) < 4.78 is 27.6. The zero-order valence-electron chi connectivity index (χ0n) is 12.2. The lowest BCUT2D eigenvalue weighted by Crippen LogP contribution is -2.19. The fraction of sp³-hybridized carbons (Fsp3) is 0.308. The van der Waals surface area contributed by atoms with Gasteiger partial charge in [0, 0.05) is 26.2 Å². The quantitative estimate of drug-likeness (QED) is 0.740. The van der Waals surface area contributed by atoms with Crippen LogP contribution in [0.25, 0.3) is 0 Å². The van der Waals surface area contributed by atoms with Crippen LogP contribution in [0.2, 0.25) is 0 Å². The molecule has 2 aromatic rings. The van der Waals surface area contributed by atoms with Crippen molar-refractivity contribution in [1.29, 1.82) is 0 Å². The minimum Gasteiger partial charge on any atom is -0.376 e. The third-order valence-corrected chi connectivity index (χ3v) is 4.32. The van der Waals surface area contributed by atoms with Gasteiger partial charge in [-0.25, -0.2) is 0 Å². The number of nitrogens with zero attached hydrogens (tertiary/aromatic N) is 2. The highest BCUT2D eigenvalue weighted by atomic mass is 32.2. The average Bonchev–Trinajstić information content (AvgIpc) is 2.88. The van der Waals surface area contributed by atoms with Crippen molar-refractivity contribution in [3.8, 4) is 0 Å². The Labute approximate surface area is 124 Å². The molecule has 3 N–H and O–H groups in total. The second kappa shape index (κ2) is 6.15. The molecular weight excluding hydrogens is 290 g/mol. The molecule has 0 spiro atoms. The number of aromatic amines is 1. The van der Waals surface area contributed by atoms with E-state index in [0.29, 0.717) is 17.8 Å². The predicted octanol–water partition coefficient (Wildman–Crippen LogP) is 0.996. The van der Waals surface area contributed by atoms with E-state index < -0.39 is 10.0 Å². The van der Waals surface area contributed by atoms with Crippen LogP contribution >= 0.6 is 0 Å². The zero-order chi connectivity index (χ0) is 15.5. The van der Waals surface area contributed by atoms with E-state index in [4.69, 9.17) is 0 Å². The summed E-state index contributed by atoms with van der Waals surface area (Å²) in [6, 6.07) is 7.21. The van der Waals surface area contributed by atoms with Gasteiger partial charge in [-0.05, 0) is 19.2 Å². The van der Waals surface area contributed by atoms with Crippen molar-refractivity contribution < 1.29 is 8.42 Å². The monoisotopic (exact) mass is 309 g/mol. The van der Waals surface area contributed by atoms with Crippen LogP contribution in [-0.2, 0) is 16.6 Å². The van der Waals surface area contributed by atoms with E-state index in [1.807, 2.05) is 31.1 Å². The second-order valence-electron chi connectivity index (χ2n) is 4.77. The Hall–Kier alpha value is -2.06. The molecule has 8 heteroatoms. The van der Waals surface area contributed by atoms with Gasteiger partial charge in [-0.1, -0.05) is 12.1 Å². The van der Waals surface area contributed by atoms with Gasteiger partial charge in [-0.3, -0.25) is 9.82 Å². The van der Waals surface area contributed by atoms with Crippen LogP contribution in [0.3, 0.4) is 0 Å². The summed E-state index contributed by atoms with van der Waals surface area (Å²) in [5.74, 6) is 0. The minimum atomic E-state index is -3.71. The topological polar surface area (TPSA) is 90.1 Å². The normalized spacial score (nSPS) is 11.4. The van der Waals surface area contributed by atoms with Crippen molar-refractivity contribution in [1.82, 2.24) is 15.5 Å². The molecule has 114 valence electrons. The molecule has 0 radical (unpaired) electrons. The van der Waals surface area contributed by atoms with Gasteiger partial charge in [0.15, 0.2) is 5.03 Å². The van der Waals surface area contributed by atoms with Gasteiger partial charge in [0.05, 0.1) is 17.6 Å². The second-order valence-corrected chi connectivity index (χ2v) is 6.39. The van der Waals surface area contributed by atoms with E-state index in [0.717, 1.165) is 5.69 Å². The Bertz CT molecular complexity index is 709. The molecule has 0 atom stereocenters. The highest BCUT2D eigenvalue weighted by Gasteiger charge is 2.21. The molecule has 0 unspecified atom stereocenters. The maximum absolute atomic E-state index is 12.5. The van der Waals surface area contributed by atoms with E-state index in [1.165, 1.54) is 6.20 Å². The highest BCUT2D eigenvalue weighted by Crippen LogP contribution is 2.26. The lowest BCUT2D eigenvalue weighted by molar-refractivity contribution is 0.595. The summed E-state index contributed by atoms with van der Waals surface area (Å²) in [5.41, 5.74) is 1.90. The molecule has 0 saturated heterocycles. The van der Waals surface area contributed by atoms with Crippen molar-refractivity contribution in [2.75, 3.05) is 30.8 Å². The van der Waals surface area contributed by atoms with E-state index in [-0.39, 0.29) is 5.03 Å². The molecule has 1 aromatic heterocycles. The molecule has 0 bridgehead atoms. The number of sulfonamides is 1. The largest absolute Gasteiger partial charge is 0.376 e. The Morgan fingerprint density at radius 3 is 2.67 bits per heavy atom. The molecule has 21 heavy (non-hydrogen) atoms. The first-order chi connectivity index (χ1) is 9.95. The fourth-order valence-corrected chi connectivity index (χ4v) is 3.20. The lowest BCUT2D eigenvalue weighted by Gasteiger charge is -2.18. The van der Waals surface area contributed by atoms with Gasteiger partial charge >= 0.3 is 0 Å². The average molecular weight is 309 g/mol. The molecule has 0 fully saturated rings. The number of hydrogen-bond donors (Lipinski definition) is 3. The Morgan fingerprint density at radius 1 is 1.29 bits per heavy atom. The summed E-state index contributed by atoms with van der Waals surface area (Å²) in [6.45, 7) is 0.419. The summed E-state index contributed by atoms with van der Waals surface area (Å²) in [6.07, 6.45) is 1.50. The van der Waals surface area contributed by atoms with Crippen molar-refractivity contribution >= 4 is 21.4 Å². The van der Waals surface area contributed by atoms with Crippen LogP contribution in [0, 0.1) is 0 Å². The minimum absolute atomic E-state index is 0.0745. The number of nitrogens with one attached hydrogen (secondary N) is 3. The SMILES string of the molecule is CNCc1cn[nH]c1S(=O)(=O)Nc1ccccc1N(C)C. The molecule has 2 rings (SSSR count). The third-order valence-electron chi connectivity index (χ3n) is 2.94. The number of H-pyrrole nitrogens is 1. The van der Waals surface area contributed by atoms with Gasteiger partial charge in [0.2, 0.25) is 0 Å². The Balaban J connectivity index is 2.36. The first-order valence-corrected chi connectivity index (χ1v) is 7.90. The van der Waals surface area contributed by atoms with Gasteiger partial charge < -0.3 is 10.2 Å². The molecule has 1 aromatic carbocycles. The maximum atomic E-state index is 12.5. The molecule has 1 heterocycles. The summed E-state index contributed by atoms with van der Waals surface area (Å²) in [7, 11) is 1.75. The van der Waals surface area contributed by atoms with E-state index in [9.17, 15) is 8.42 Å². The number of benzene rings is 1. The number of rotatable bonds is 6. The number of aromatic nitrogens is 2. The first kappa shape index (κ1) is 15.3. The molecule has 0 aliphatic rings.